The summed E-state index contributed by atoms with van der Waals surface area (Å²) in [6, 6.07) is 4.37. The van der Waals surface area contributed by atoms with Crippen molar-refractivity contribution in [1.82, 2.24) is 5.32 Å². The van der Waals surface area contributed by atoms with Crippen LogP contribution in [0.4, 0.5) is 0 Å². The number of ether oxygens (including phenoxy) is 2. The number of carboxylic acid groups (broad SMARTS) is 1. The van der Waals surface area contributed by atoms with Crippen molar-refractivity contribution in [2.75, 3.05) is 13.7 Å². The number of aliphatic carboxylic acids is 1. The fraction of sp³-hybridized carbons (Fsp3) is 0.412. The standard InChI is InChI=1S/C17H23NO5/c1-5-23-13-8-6-12(10-14(13)22-4)7-9-15(19)18-16(11(2)3)17(20)21/h6-11,16H,5H2,1-4H3,(H,18,19)(H,20,21)/b9-7+. The van der Waals surface area contributed by atoms with Crippen LogP contribution in [-0.4, -0.2) is 36.7 Å². The van der Waals surface area contributed by atoms with E-state index in [-0.39, 0.29) is 5.92 Å². The van der Waals surface area contributed by atoms with Gasteiger partial charge in [0, 0.05) is 6.08 Å². The lowest BCUT2D eigenvalue weighted by Gasteiger charge is -2.16. The van der Waals surface area contributed by atoms with Gasteiger partial charge in [0.2, 0.25) is 5.91 Å². The van der Waals surface area contributed by atoms with Crippen LogP contribution in [0.3, 0.4) is 0 Å². The Morgan fingerprint density at radius 1 is 1.30 bits per heavy atom. The molecule has 6 nitrogen and oxygen atoms in total. The van der Waals surface area contributed by atoms with Crippen molar-refractivity contribution < 1.29 is 24.2 Å². The molecule has 1 aromatic carbocycles. The van der Waals surface area contributed by atoms with Gasteiger partial charge in [-0.15, -0.1) is 0 Å². The van der Waals surface area contributed by atoms with Crippen LogP contribution in [0.5, 0.6) is 11.5 Å². The molecule has 0 fully saturated rings. The predicted molar refractivity (Wildman–Crippen MR) is 87.6 cm³/mol. The molecular weight excluding hydrogens is 298 g/mol. The van der Waals surface area contributed by atoms with Gasteiger partial charge in [-0.3, -0.25) is 4.79 Å². The molecule has 6 heteroatoms. The Labute approximate surface area is 136 Å². The summed E-state index contributed by atoms with van der Waals surface area (Å²) >= 11 is 0. The lowest BCUT2D eigenvalue weighted by atomic mass is 10.0. The quantitative estimate of drug-likeness (QED) is 0.718. The van der Waals surface area contributed by atoms with E-state index in [1.165, 1.54) is 13.2 Å². The third-order valence-corrected chi connectivity index (χ3v) is 3.15. The number of benzene rings is 1. The van der Waals surface area contributed by atoms with Gasteiger partial charge >= 0.3 is 5.97 Å². The van der Waals surface area contributed by atoms with E-state index in [0.29, 0.717) is 18.1 Å². The van der Waals surface area contributed by atoms with Crippen molar-refractivity contribution in [3.63, 3.8) is 0 Å². The number of amides is 1. The van der Waals surface area contributed by atoms with Crippen LogP contribution in [0.2, 0.25) is 0 Å². The first-order valence-corrected chi connectivity index (χ1v) is 7.41. The summed E-state index contributed by atoms with van der Waals surface area (Å²) in [5.41, 5.74) is 0.747. The second kappa shape index (κ2) is 8.82. The molecule has 1 aromatic rings. The summed E-state index contributed by atoms with van der Waals surface area (Å²) in [4.78, 5) is 22.9. The SMILES string of the molecule is CCOc1ccc(/C=C/C(=O)NC(C(=O)O)C(C)C)cc1OC. The lowest BCUT2D eigenvalue weighted by Crippen LogP contribution is -2.43. The predicted octanol–water partition coefficient (Wildman–Crippen LogP) is 2.33. The number of hydrogen-bond donors (Lipinski definition) is 2. The molecule has 1 unspecified atom stereocenters. The fourth-order valence-corrected chi connectivity index (χ4v) is 1.95. The van der Waals surface area contributed by atoms with E-state index in [9.17, 15) is 9.59 Å². The Balaban J connectivity index is 2.80. The average Bonchev–Trinajstić information content (AvgIpc) is 2.51. The molecule has 1 atom stereocenters. The summed E-state index contributed by atoms with van der Waals surface area (Å²) in [5.74, 6) is -0.513. The van der Waals surface area contributed by atoms with E-state index >= 15 is 0 Å². The van der Waals surface area contributed by atoms with Crippen molar-refractivity contribution in [3.8, 4) is 11.5 Å². The highest BCUT2D eigenvalue weighted by atomic mass is 16.5. The van der Waals surface area contributed by atoms with Crippen molar-refractivity contribution in [3.05, 3.63) is 29.8 Å². The molecule has 0 saturated carbocycles. The van der Waals surface area contributed by atoms with Crippen LogP contribution >= 0.6 is 0 Å². The smallest absolute Gasteiger partial charge is 0.326 e. The first-order valence-electron chi connectivity index (χ1n) is 7.41. The van der Waals surface area contributed by atoms with Gasteiger partial charge in [-0.2, -0.15) is 0 Å². The van der Waals surface area contributed by atoms with E-state index in [2.05, 4.69) is 5.32 Å². The zero-order valence-corrected chi connectivity index (χ0v) is 13.8. The molecule has 0 bridgehead atoms. The number of methoxy groups -OCH3 is 1. The van der Waals surface area contributed by atoms with Crippen LogP contribution in [0.25, 0.3) is 6.08 Å². The normalized spacial score (nSPS) is 12.2. The molecule has 0 aliphatic carbocycles. The second-order valence-electron chi connectivity index (χ2n) is 5.25. The minimum atomic E-state index is -1.05. The molecule has 0 aliphatic heterocycles. The van der Waals surface area contributed by atoms with Gasteiger partial charge in [0.1, 0.15) is 6.04 Å². The van der Waals surface area contributed by atoms with Gasteiger partial charge in [-0.05, 0) is 36.6 Å². The number of rotatable bonds is 8. The number of nitrogens with one attached hydrogen (secondary N) is 1. The summed E-state index contributed by atoms with van der Waals surface area (Å²) in [7, 11) is 1.54. The highest BCUT2D eigenvalue weighted by Gasteiger charge is 2.22. The molecule has 0 radical (unpaired) electrons. The Morgan fingerprint density at radius 2 is 2.00 bits per heavy atom. The van der Waals surface area contributed by atoms with E-state index in [1.807, 2.05) is 6.92 Å². The molecule has 1 rings (SSSR count). The Hall–Kier alpha value is -2.50. The van der Waals surface area contributed by atoms with Crippen molar-refractivity contribution >= 4 is 18.0 Å². The highest BCUT2D eigenvalue weighted by Crippen LogP contribution is 2.28. The van der Waals surface area contributed by atoms with E-state index in [0.717, 1.165) is 5.56 Å². The van der Waals surface area contributed by atoms with Gasteiger partial charge in [-0.25, -0.2) is 4.79 Å². The summed E-state index contributed by atoms with van der Waals surface area (Å²) in [6.07, 6.45) is 2.89. The largest absolute Gasteiger partial charge is 0.493 e. The second-order valence-corrected chi connectivity index (χ2v) is 5.25. The van der Waals surface area contributed by atoms with Crippen LogP contribution in [-0.2, 0) is 9.59 Å². The lowest BCUT2D eigenvalue weighted by molar-refractivity contribution is -0.142. The minimum Gasteiger partial charge on any atom is -0.493 e. The molecule has 0 aromatic heterocycles. The topological polar surface area (TPSA) is 84.9 Å². The number of carbonyl (C=O) groups excluding carboxylic acids is 1. The van der Waals surface area contributed by atoms with Crippen LogP contribution in [0, 0.1) is 5.92 Å². The maximum atomic E-state index is 11.8. The monoisotopic (exact) mass is 321 g/mol. The molecule has 23 heavy (non-hydrogen) atoms. The fourth-order valence-electron chi connectivity index (χ4n) is 1.95. The molecule has 0 aliphatic rings. The van der Waals surface area contributed by atoms with Crippen LogP contribution in [0.1, 0.15) is 26.3 Å². The molecule has 1 amide bonds. The third-order valence-electron chi connectivity index (χ3n) is 3.15. The molecule has 2 N–H and O–H groups in total. The van der Waals surface area contributed by atoms with Crippen molar-refractivity contribution in [2.45, 2.75) is 26.8 Å². The molecule has 126 valence electrons. The summed E-state index contributed by atoms with van der Waals surface area (Å²) in [5, 5.41) is 11.5. The Bertz CT molecular complexity index is 580. The molecule has 0 saturated heterocycles. The van der Waals surface area contributed by atoms with Gasteiger partial charge in [0.05, 0.1) is 13.7 Å². The van der Waals surface area contributed by atoms with E-state index in [4.69, 9.17) is 14.6 Å². The highest BCUT2D eigenvalue weighted by molar-refractivity contribution is 5.94. The Morgan fingerprint density at radius 3 is 2.52 bits per heavy atom. The number of hydrogen-bond acceptors (Lipinski definition) is 4. The molecular formula is C17H23NO5. The average molecular weight is 321 g/mol. The summed E-state index contributed by atoms with van der Waals surface area (Å²) < 4.78 is 10.7. The van der Waals surface area contributed by atoms with Crippen LogP contribution in [0.15, 0.2) is 24.3 Å². The maximum absolute atomic E-state index is 11.8. The van der Waals surface area contributed by atoms with Gasteiger partial charge in [0.25, 0.3) is 0 Å². The minimum absolute atomic E-state index is 0.199. The van der Waals surface area contributed by atoms with E-state index < -0.39 is 17.9 Å². The van der Waals surface area contributed by atoms with E-state index in [1.54, 1.807) is 38.1 Å². The van der Waals surface area contributed by atoms with Gasteiger partial charge in [-0.1, -0.05) is 19.9 Å². The zero-order chi connectivity index (χ0) is 17.4. The van der Waals surface area contributed by atoms with Crippen molar-refractivity contribution in [2.24, 2.45) is 5.92 Å². The van der Waals surface area contributed by atoms with Gasteiger partial charge < -0.3 is 19.9 Å². The molecule has 0 spiro atoms. The van der Waals surface area contributed by atoms with Crippen molar-refractivity contribution in [1.29, 1.82) is 0 Å². The number of carboxylic acids is 1. The Kier molecular flexibility index (Phi) is 7.12. The van der Waals surface area contributed by atoms with Crippen LogP contribution < -0.4 is 14.8 Å². The molecule has 0 heterocycles. The first-order chi connectivity index (χ1) is 10.9. The van der Waals surface area contributed by atoms with Gasteiger partial charge in [0.15, 0.2) is 11.5 Å². The zero-order valence-electron chi connectivity index (χ0n) is 13.8. The number of carbonyl (C=O) groups is 2. The maximum Gasteiger partial charge on any atom is 0.326 e. The first kappa shape index (κ1) is 18.5. The summed E-state index contributed by atoms with van der Waals surface area (Å²) in [6.45, 7) is 5.88. The third kappa shape index (κ3) is 5.65.